The van der Waals surface area contributed by atoms with Gasteiger partial charge in [0.25, 0.3) is 5.91 Å². The monoisotopic (exact) mass is 319 g/mol. The van der Waals surface area contributed by atoms with E-state index in [1.54, 1.807) is 12.1 Å². The molecule has 4 N–H and O–H groups in total. The summed E-state index contributed by atoms with van der Waals surface area (Å²) in [5.41, 5.74) is 8.13. The second-order valence-electron chi connectivity index (χ2n) is 5.85. The van der Waals surface area contributed by atoms with E-state index < -0.39 is 6.04 Å². The normalized spacial score (nSPS) is 16.7. The zero-order chi connectivity index (χ0) is 16.8. The first-order chi connectivity index (χ1) is 11.0. The number of anilines is 1. The lowest BCUT2D eigenvalue weighted by Crippen LogP contribution is -2.44. The Morgan fingerprint density at radius 1 is 1.35 bits per heavy atom. The van der Waals surface area contributed by atoms with Gasteiger partial charge in [-0.05, 0) is 50.3 Å². The van der Waals surface area contributed by atoms with Crippen molar-refractivity contribution in [1.82, 2.24) is 5.32 Å². The number of carbonyl (C=O) groups is 2. The molecule has 2 rings (SSSR count). The zero-order valence-corrected chi connectivity index (χ0v) is 13.7. The van der Waals surface area contributed by atoms with Gasteiger partial charge in [0.1, 0.15) is 0 Å². The summed E-state index contributed by atoms with van der Waals surface area (Å²) in [4.78, 5) is 24.3. The van der Waals surface area contributed by atoms with Crippen LogP contribution in [0.25, 0.3) is 0 Å². The molecule has 1 aromatic carbocycles. The van der Waals surface area contributed by atoms with Crippen LogP contribution in [0.4, 0.5) is 5.69 Å². The van der Waals surface area contributed by atoms with E-state index >= 15 is 0 Å². The molecule has 1 atom stereocenters. The number of nitrogens with one attached hydrogen (secondary N) is 2. The van der Waals surface area contributed by atoms with E-state index in [1.807, 2.05) is 19.9 Å². The summed E-state index contributed by atoms with van der Waals surface area (Å²) in [6.45, 7) is 5.61. The van der Waals surface area contributed by atoms with E-state index in [9.17, 15) is 9.59 Å². The molecule has 23 heavy (non-hydrogen) atoms. The maximum atomic E-state index is 12.4. The molecule has 0 bridgehead atoms. The second kappa shape index (κ2) is 8.08. The van der Waals surface area contributed by atoms with Crippen LogP contribution in [-0.2, 0) is 9.53 Å². The molecule has 1 aromatic rings. The summed E-state index contributed by atoms with van der Waals surface area (Å²) in [6, 6.07) is 4.69. The van der Waals surface area contributed by atoms with E-state index in [0.29, 0.717) is 31.0 Å². The fourth-order valence-electron chi connectivity index (χ4n) is 2.67. The molecule has 1 fully saturated rings. The van der Waals surface area contributed by atoms with Gasteiger partial charge in [0.05, 0.1) is 6.04 Å². The van der Waals surface area contributed by atoms with Gasteiger partial charge >= 0.3 is 0 Å². The minimum absolute atomic E-state index is 0.135. The standard InChI is InChI=1S/C17H25N3O3/c1-3-19-16(21)13-5-4-11(2)14(10-13)20-17(22)15(18)12-6-8-23-9-7-12/h4-5,10,12,15H,3,6-9,18H2,1-2H3,(H,19,21)(H,20,22). The molecule has 1 saturated heterocycles. The Balaban J connectivity index is 2.07. The Morgan fingerprint density at radius 3 is 2.70 bits per heavy atom. The summed E-state index contributed by atoms with van der Waals surface area (Å²) in [7, 11) is 0. The quantitative estimate of drug-likeness (QED) is 0.765. The highest BCUT2D eigenvalue weighted by Crippen LogP contribution is 2.21. The summed E-state index contributed by atoms with van der Waals surface area (Å²) >= 11 is 0. The highest BCUT2D eigenvalue weighted by atomic mass is 16.5. The van der Waals surface area contributed by atoms with Crippen molar-refractivity contribution in [3.63, 3.8) is 0 Å². The smallest absolute Gasteiger partial charge is 0.251 e. The van der Waals surface area contributed by atoms with Crippen LogP contribution in [0.5, 0.6) is 0 Å². The number of rotatable bonds is 5. The van der Waals surface area contributed by atoms with Crippen LogP contribution in [0.2, 0.25) is 0 Å². The Morgan fingerprint density at radius 2 is 2.04 bits per heavy atom. The van der Waals surface area contributed by atoms with Crippen molar-refractivity contribution in [2.45, 2.75) is 32.7 Å². The molecule has 6 heteroatoms. The molecular formula is C17H25N3O3. The average molecular weight is 319 g/mol. The van der Waals surface area contributed by atoms with Gasteiger partial charge in [-0.15, -0.1) is 0 Å². The molecule has 1 unspecified atom stereocenters. The molecule has 0 spiro atoms. The number of carbonyl (C=O) groups excluding carboxylic acids is 2. The van der Waals surface area contributed by atoms with Crippen LogP contribution in [0.3, 0.4) is 0 Å². The Labute approximate surface area is 136 Å². The molecule has 2 amide bonds. The van der Waals surface area contributed by atoms with Crippen LogP contribution in [0.1, 0.15) is 35.7 Å². The molecule has 1 aliphatic heterocycles. The SMILES string of the molecule is CCNC(=O)c1ccc(C)c(NC(=O)C(N)C2CCOCC2)c1. The fourth-order valence-corrected chi connectivity index (χ4v) is 2.67. The number of ether oxygens (including phenoxy) is 1. The Kier molecular flexibility index (Phi) is 6.12. The highest BCUT2D eigenvalue weighted by molar-refractivity contribution is 5.99. The van der Waals surface area contributed by atoms with E-state index in [1.165, 1.54) is 0 Å². The first kappa shape index (κ1) is 17.4. The predicted molar refractivity (Wildman–Crippen MR) is 89.3 cm³/mol. The highest BCUT2D eigenvalue weighted by Gasteiger charge is 2.26. The van der Waals surface area contributed by atoms with Crippen LogP contribution in [-0.4, -0.2) is 37.6 Å². The van der Waals surface area contributed by atoms with Crippen LogP contribution in [0.15, 0.2) is 18.2 Å². The summed E-state index contributed by atoms with van der Waals surface area (Å²) in [5.74, 6) is -0.236. The minimum Gasteiger partial charge on any atom is -0.381 e. The van der Waals surface area contributed by atoms with Gasteiger partial charge in [-0.3, -0.25) is 9.59 Å². The van der Waals surface area contributed by atoms with Crippen molar-refractivity contribution < 1.29 is 14.3 Å². The number of hydrogen-bond acceptors (Lipinski definition) is 4. The summed E-state index contributed by atoms with van der Waals surface area (Å²) in [6.07, 6.45) is 1.60. The second-order valence-corrected chi connectivity index (χ2v) is 5.85. The average Bonchev–Trinajstić information content (AvgIpc) is 2.57. The summed E-state index contributed by atoms with van der Waals surface area (Å²) in [5, 5.41) is 5.61. The lowest BCUT2D eigenvalue weighted by atomic mass is 9.91. The number of aryl methyl sites for hydroxylation is 1. The fraction of sp³-hybridized carbons (Fsp3) is 0.529. The van der Waals surface area contributed by atoms with Crippen molar-refractivity contribution in [2.24, 2.45) is 11.7 Å². The van der Waals surface area contributed by atoms with Crippen molar-refractivity contribution in [2.75, 3.05) is 25.1 Å². The van der Waals surface area contributed by atoms with E-state index in [0.717, 1.165) is 18.4 Å². The van der Waals surface area contributed by atoms with Gasteiger partial charge in [0, 0.05) is 31.0 Å². The third kappa shape index (κ3) is 4.53. The molecule has 6 nitrogen and oxygen atoms in total. The van der Waals surface area contributed by atoms with Crippen molar-refractivity contribution in [3.8, 4) is 0 Å². The van der Waals surface area contributed by atoms with Crippen LogP contribution < -0.4 is 16.4 Å². The maximum Gasteiger partial charge on any atom is 0.251 e. The zero-order valence-electron chi connectivity index (χ0n) is 13.7. The topological polar surface area (TPSA) is 93.5 Å². The van der Waals surface area contributed by atoms with Gasteiger partial charge in [-0.1, -0.05) is 6.07 Å². The number of benzene rings is 1. The number of amides is 2. The predicted octanol–water partition coefficient (Wildman–Crippen LogP) is 1.44. The molecule has 1 heterocycles. The first-order valence-corrected chi connectivity index (χ1v) is 8.06. The van der Waals surface area contributed by atoms with Crippen molar-refractivity contribution in [1.29, 1.82) is 0 Å². The molecular weight excluding hydrogens is 294 g/mol. The van der Waals surface area contributed by atoms with Gasteiger partial charge in [-0.2, -0.15) is 0 Å². The Hall–Kier alpha value is -1.92. The minimum atomic E-state index is -0.563. The van der Waals surface area contributed by atoms with Gasteiger partial charge in [0.15, 0.2) is 0 Å². The molecule has 0 saturated carbocycles. The lowest BCUT2D eigenvalue weighted by Gasteiger charge is -2.27. The molecule has 0 aromatic heterocycles. The third-order valence-electron chi connectivity index (χ3n) is 4.17. The van der Waals surface area contributed by atoms with Gasteiger partial charge in [0.2, 0.25) is 5.91 Å². The maximum absolute atomic E-state index is 12.4. The van der Waals surface area contributed by atoms with Crippen molar-refractivity contribution >= 4 is 17.5 Å². The molecule has 126 valence electrons. The summed E-state index contributed by atoms with van der Waals surface area (Å²) < 4.78 is 5.30. The number of hydrogen-bond donors (Lipinski definition) is 3. The van der Waals surface area contributed by atoms with Gasteiger partial charge < -0.3 is 21.1 Å². The van der Waals surface area contributed by atoms with Crippen molar-refractivity contribution in [3.05, 3.63) is 29.3 Å². The van der Waals surface area contributed by atoms with Crippen LogP contribution >= 0.6 is 0 Å². The molecule has 0 aliphatic carbocycles. The van der Waals surface area contributed by atoms with E-state index in [-0.39, 0.29) is 17.7 Å². The van der Waals surface area contributed by atoms with E-state index in [2.05, 4.69) is 10.6 Å². The van der Waals surface area contributed by atoms with E-state index in [4.69, 9.17) is 10.5 Å². The number of nitrogens with two attached hydrogens (primary N) is 1. The Bertz CT molecular complexity index is 568. The molecule has 0 radical (unpaired) electrons. The largest absolute Gasteiger partial charge is 0.381 e. The third-order valence-corrected chi connectivity index (χ3v) is 4.17. The lowest BCUT2D eigenvalue weighted by molar-refractivity contribution is -0.119. The van der Waals surface area contributed by atoms with Crippen LogP contribution in [0, 0.1) is 12.8 Å². The first-order valence-electron chi connectivity index (χ1n) is 8.06. The van der Waals surface area contributed by atoms with Gasteiger partial charge in [-0.25, -0.2) is 0 Å². The molecule has 1 aliphatic rings.